The fourth-order valence-corrected chi connectivity index (χ4v) is 7.94. The molecule has 44 heavy (non-hydrogen) atoms. The van der Waals surface area contributed by atoms with Crippen molar-refractivity contribution in [3.63, 3.8) is 0 Å². The number of urea groups is 1. The number of carboxylic acid groups (broad SMARTS) is 1. The normalized spacial score (nSPS) is 24.3. The van der Waals surface area contributed by atoms with Gasteiger partial charge in [-0.1, -0.05) is 79.9 Å². The van der Waals surface area contributed by atoms with Gasteiger partial charge in [0.25, 0.3) is 0 Å². The van der Waals surface area contributed by atoms with Crippen LogP contribution in [0.2, 0.25) is 0 Å². The molecule has 1 saturated carbocycles. The average molecular weight is 622 g/mol. The third-order valence-electron chi connectivity index (χ3n) is 8.58. The van der Waals surface area contributed by atoms with Crippen LogP contribution in [0.5, 0.6) is 0 Å². The van der Waals surface area contributed by atoms with Gasteiger partial charge in [-0.05, 0) is 30.9 Å². The standard InChI is InChI=1S/C32H39N5O6S/c1-32(27(30(41)42)37-24(38)18-25(37)44-32)19-33-29(40)26(21-13-7-3-8-14-21)36-28(39)23(17-20-11-5-2-6-12-20)35-31(43)34-22-15-9-4-10-16-22/h2-3,5-8,11-14,22-23,25-27H,4,9-10,15-19H2,1H3,(H,33,40)(H,36,39)(H,41,42)(H2,34,35,43)/t23-,25-,26-,27+,32?/m1/s1. The van der Waals surface area contributed by atoms with Gasteiger partial charge in [0.05, 0.1) is 16.5 Å². The maximum atomic E-state index is 13.8. The van der Waals surface area contributed by atoms with Crippen LogP contribution in [0.1, 0.15) is 62.6 Å². The van der Waals surface area contributed by atoms with Gasteiger partial charge in [0.2, 0.25) is 17.7 Å². The Balaban J connectivity index is 1.31. The number of thioether (sulfide) groups is 1. The topological polar surface area (TPSA) is 157 Å². The van der Waals surface area contributed by atoms with E-state index in [1.165, 1.54) is 16.7 Å². The van der Waals surface area contributed by atoms with E-state index in [9.17, 15) is 29.1 Å². The Labute approximate surface area is 260 Å². The molecule has 12 heteroatoms. The van der Waals surface area contributed by atoms with Crippen molar-refractivity contribution in [1.29, 1.82) is 0 Å². The van der Waals surface area contributed by atoms with E-state index in [2.05, 4.69) is 21.3 Å². The molecule has 234 valence electrons. The van der Waals surface area contributed by atoms with Crippen LogP contribution < -0.4 is 21.3 Å². The fourth-order valence-electron chi connectivity index (χ4n) is 6.24. The summed E-state index contributed by atoms with van der Waals surface area (Å²) in [5, 5.41) is 21.2. The smallest absolute Gasteiger partial charge is 0.327 e. The Bertz CT molecular complexity index is 1370. The summed E-state index contributed by atoms with van der Waals surface area (Å²) < 4.78 is -0.960. The summed E-state index contributed by atoms with van der Waals surface area (Å²) in [4.78, 5) is 66.1. The van der Waals surface area contributed by atoms with Crippen molar-refractivity contribution in [3.8, 4) is 0 Å². The summed E-state index contributed by atoms with van der Waals surface area (Å²) >= 11 is 1.36. The van der Waals surface area contributed by atoms with E-state index >= 15 is 0 Å². The molecule has 0 radical (unpaired) electrons. The lowest BCUT2D eigenvalue weighted by atomic mass is 9.95. The Morgan fingerprint density at radius 1 is 0.955 bits per heavy atom. The number of β-lactam (4-membered cyclic amide) rings is 1. The second-order valence-electron chi connectivity index (χ2n) is 11.9. The lowest BCUT2D eigenvalue weighted by Crippen LogP contribution is -2.59. The predicted octanol–water partition coefficient (Wildman–Crippen LogP) is 2.72. The largest absolute Gasteiger partial charge is 0.480 e. The van der Waals surface area contributed by atoms with Crippen LogP contribution in [0, 0.1) is 0 Å². The minimum Gasteiger partial charge on any atom is -0.480 e. The fraction of sp³-hybridized carbons (Fsp3) is 0.469. The summed E-state index contributed by atoms with van der Waals surface area (Å²) in [5.74, 6) is -2.40. The number of carbonyl (C=O) groups excluding carboxylic acids is 4. The second-order valence-corrected chi connectivity index (χ2v) is 13.6. The van der Waals surface area contributed by atoms with Crippen LogP contribution in [-0.4, -0.2) is 74.5 Å². The molecular weight excluding hydrogens is 582 g/mol. The molecule has 5 rings (SSSR count). The minimum absolute atomic E-state index is 0.0254. The Kier molecular flexibility index (Phi) is 9.77. The molecule has 3 fully saturated rings. The second kappa shape index (κ2) is 13.7. The van der Waals surface area contributed by atoms with Crippen molar-refractivity contribution in [2.45, 2.75) is 86.2 Å². The average Bonchev–Trinajstić information content (AvgIpc) is 3.26. The van der Waals surface area contributed by atoms with Crippen molar-refractivity contribution in [2.75, 3.05) is 6.54 Å². The van der Waals surface area contributed by atoms with Gasteiger partial charge in [-0.2, -0.15) is 0 Å². The molecule has 1 aliphatic carbocycles. The highest BCUT2D eigenvalue weighted by Crippen LogP contribution is 2.50. The van der Waals surface area contributed by atoms with Gasteiger partial charge >= 0.3 is 12.0 Å². The number of benzene rings is 2. The lowest BCUT2D eigenvalue weighted by molar-refractivity contribution is -0.157. The summed E-state index contributed by atoms with van der Waals surface area (Å²) in [7, 11) is 0. The Morgan fingerprint density at radius 2 is 1.61 bits per heavy atom. The van der Waals surface area contributed by atoms with Crippen LogP contribution in [0.3, 0.4) is 0 Å². The monoisotopic (exact) mass is 621 g/mol. The molecule has 0 aromatic heterocycles. The minimum atomic E-state index is -1.13. The lowest BCUT2D eigenvalue weighted by Gasteiger charge is -2.37. The zero-order chi connectivity index (χ0) is 31.3. The van der Waals surface area contributed by atoms with Crippen molar-refractivity contribution >= 4 is 41.5 Å². The molecule has 11 nitrogen and oxygen atoms in total. The van der Waals surface area contributed by atoms with Crippen LogP contribution in [0.25, 0.3) is 0 Å². The van der Waals surface area contributed by atoms with Crippen LogP contribution in [-0.2, 0) is 25.6 Å². The number of aliphatic carboxylic acids is 1. The predicted molar refractivity (Wildman–Crippen MR) is 165 cm³/mol. The molecule has 5 amide bonds. The molecule has 1 unspecified atom stereocenters. The molecule has 3 aliphatic rings. The van der Waals surface area contributed by atoms with E-state index in [0.717, 1.165) is 37.7 Å². The number of amides is 5. The highest BCUT2D eigenvalue weighted by Gasteiger charge is 2.60. The van der Waals surface area contributed by atoms with Crippen LogP contribution in [0.4, 0.5) is 4.79 Å². The van der Waals surface area contributed by atoms with Gasteiger partial charge in [0.1, 0.15) is 18.1 Å². The Morgan fingerprint density at radius 3 is 2.25 bits per heavy atom. The highest BCUT2D eigenvalue weighted by atomic mass is 32.2. The number of hydrogen-bond acceptors (Lipinski definition) is 6. The van der Waals surface area contributed by atoms with E-state index in [-0.39, 0.29) is 36.7 Å². The first kappa shape index (κ1) is 31.4. The molecule has 0 spiro atoms. The van der Waals surface area contributed by atoms with Crippen molar-refractivity contribution < 1.29 is 29.1 Å². The van der Waals surface area contributed by atoms with E-state index in [1.54, 1.807) is 37.3 Å². The third-order valence-corrected chi connectivity index (χ3v) is 10.2. The van der Waals surface area contributed by atoms with Crippen molar-refractivity contribution in [3.05, 3.63) is 71.8 Å². The molecule has 2 heterocycles. The number of carbonyl (C=O) groups is 5. The maximum Gasteiger partial charge on any atom is 0.327 e. The Hall–Kier alpha value is -4.06. The molecule has 2 aliphatic heterocycles. The molecular formula is C32H39N5O6S. The number of carboxylic acids is 1. The number of hydrogen-bond donors (Lipinski definition) is 5. The first-order chi connectivity index (χ1) is 21.1. The first-order valence-corrected chi connectivity index (χ1v) is 16.0. The van der Waals surface area contributed by atoms with E-state index in [0.29, 0.717) is 5.56 Å². The molecule has 2 aromatic rings. The summed E-state index contributed by atoms with van der Waals surface area (Å²) in [5.41, 5.74) is 1.37. The van der Waals surface area contributed by atoms with Gasteiger partial charge in [0.15, 0.2) is 0 Å². The zero-order valence-corrected chi connectivity index (χ0v) is 25.5. The van der Waals surface area contributed by atoms with Gasteiger partial charge in [-0.15, -0.1) is 11.8 Å². The van der Waals surface area contributed by atoms with Crippen molar-refractivity contribution in [1.82, 2.24) is 26.2 Å². The van der Waals surface area contributed by atoms with Crippen molar-refractivity contribution in [2.24, 2.45) is 0 Å². The van der Waals surface area contributed by atoms with Gasteiger partial charge in [-0.3, -0.25) is 14.4 Å². The third kappa shape index (κ3) is 7.18. The van der Waals surface area contributed by atoms with E-state index < -0.39 is 46.7 Å². The van der Waals surface area contributed by atoms with Gasteiger partial charge < -0.3 is 31.3 Å². The quantitative estimate of drug-likeness (QED) is 0.242. The van der Waals surface area contributed by atoms with Crippen LogP contribution >= 0.6 is 11.8 Å². The first-order valence-electron chi connectivity index (χ1n) is 15.1. The highest BCUT2D eigenvalue weighted by molar-refractivity contribution is 8.01. The molecule has 2 saturated heterocycles. The maximum absolute atomic E-state index is 13.8. The SMILES string of the molecule is CC1(CNC(=O)[C@H](NC(=O)[C@@H](Cc2ccccc2)NC(=O)NC2CCCCC2)c2ccccc2)S[C@@H]2CC(=O)N2[C@H]1C(=O)O. The number of fused-ring (bicyclic) bond motifs is 1. The van der Waals surface area contributed by atoms with E-state index in [4.69, 9.17) is 0 Å². The molecule has 2 aromatic carbocycles. The van der Waals surface area contributed by atoms with Gasteiger partial charge in [-0.25, -0.2) is 9.59 Å². The van der Waals surface area contributed by atoms with E-state index in [1.807, 2.05) is 30.3 Å². The number of rotatable bonds is 11. The summed E-state index contributed by atoms with van der Waals surface area (Å²) in [6.07, 6.45) is 5.52. The molecule has 5 N–H and O–H groups in total. The molecule has 0 bridgehead atoms. The summed E-state index contributed by atoms with van der Waals surface area (Å²) in [6, 6.07) is 14.5. The summed E-state index contributed by atoms with van der Waals surface area (Å²) in [6.45, 7) is 1.70. The van der Waals surface area contributed by atoms with Crippen LogP contribution in [0.15, 0.2) is 60.7 Å². The number of nitrogens with one attached hydrogen (secondary N) is 4. The number of nitrogens with zero attached hydrogens (tertiary/aromatic N) is 1. The molecule has 5 atom stereocenters. The zero-order valence-electron chi connectivity index (χ0n) is 24.7. The van der Waals surface area contributed by atoms with Gasteiger partial charge in [0, 0.05) is 19.0 Å².